The molecule has 7 heteroatoms. The molecule has 0 fully saturated rings. The summed E-state index contributed by atoms with van der Waals surface area (Å²) in [4.78, 5) is 16.2. The molecule has 106 valence electrons. The fraction of sp³-hybridized carbons (Fsp3) is 0.143. The molecular weight excluding hydrogens is 268 g/mol. The Morgan fingerprint density at radius 3 is 2.81 bits per heavy atom. The molecule has 2 N–H and O–H groups in total. The van der Waals surface area contributed by atoms with Gasteiger partial charge in [-0.25, -0.2) is 9.78 Å². The highest BCUT2D eigenvalue weighted by Gasteiger charge is 2.17. The van der Waals surface area contributed by atoms with Gasteiger partial charge in [0.05, 0.1) is 23.1 Å². The van der Waals surface area contributed by atoms with Crippen molar-refractivity contribution in [2.75, 3.05) is 5.32 Å². The maximum absolute atomic E-state index is 12.3. The number of hydrogen-bond donors (Lipinski definition) is 2. The highest BCUT2D eigenvalue weighted by atomic mass is 16.1. The molecule has 0 atom stereocenters. The summed E-state index contributed by atoms with van der Waals surface area (Å²) in [6.45, 7) is 1.99. The quantitative estimate of drug-likeness (QED) is 0.763. The zero-order chi connectivity index (χ0) is 14.7. The van der Waals surface area contributed by atoms with Crippen molar-refractivity contribution in [3.63, 3.8) is 0 Å². The lowest BCUT2D eigenvalue weighted by molar-refractivity contribution is 0.102. The van der Waals surface area contributed by atoms with Gasteiger partial charge in [0, 0.05) is 0 Å². The molecule has 3 aromatic rings. The zero-order valence-electron chi connectivity index (χ0n) is 11.4. The molecule has 0 aliphatic carbocycles. The summed E-state index contributed by atoms with van der Waals surface area (Å²) in [6.07, 6.45) is 3.59. The molecule has 3 rings (SSSR count). The summed E-state index contributed by atoms with van der Waals surface area (Å²) in [7, 11) is 0. The van der Waals surface area contributed by atoms with Crippen LogP contribution in [0.15, 0.2) is 42.9 Å². The van der Waals surface area contributed by atoms with Crippen LogP contribution in [0.3, 0.4) is 0 Å². The molecule has 0 saturated heterocycles. The van der Waals surface area contributed by atoms with Crippen molar-refractivity contribution < 1.29 is 4.79 Å². The number of aromatic nitrogens is 5. The average molecular weight is 282 g/mol. The van der Waals surface area contributed by atoms with Crippen LogP contribution in [-0.2, 0) is 6.42 Å². The van der Waals surface area contributed by atoms with Crippen LogP contribution in [0.1, 0.15) is 23.0 Å². The van der Waals surface area contributed by atoms with E-state index >= 15 is 0 Å². The Morgan fingerprint density at radius 1 is 1.33 bits per heavy atom. The second-order valence-corrected chi connectivity index (χ2v) is 4.39. The third kappa shape index (κ3) is 2.53. The van der Waals surface area contributed by atoms with E-state index in [0.29, 0.717) is 17.9 Å². The maximum Gasteiger partial charge on any atom is 0.261 e. The predicted molar refractivity (Wildman–Crippen MR) is 77.3 cm³/mol. The van der Waals surface area contributed by atoms with Crippen molar-refractivity contribution in [1.82, 2.24) is 25.0 Å². The minimum absolute atomic E-state index is 0.259. The zero-order valence-corrected chi connectivity index (χ0v) is 11.4. The molecule has 1 aromatic carbocycles. The molecule has 0 aliphatic heterocycles. The van der Waals surface area contributed by atoms with Gasteiger partial charge in [0.15, 0.2) is 0 Å². The molecule has 0 radical (unpaired) electrons. The number of rotatable bonds is 4. The van der Waals surface area contributed by atoms with Gasteiger partial charge in [-0.05, 0) is 18.6 Å². The number of amides is 1. The van der Waals surface area contributed by atoms with Gasteiger partial charge >= 0.3 is 0 Å². The van der Waals surface area contributed by atoms with Crippen LogP contribution in [0.25, 0.3) is 5.69 Å². The van der Waals surface area contributed by atoms with Crippen LogP contribution in [0.2, 0.25) is 0 Å². The number of carbonyl (C=O) groups excluding carboxylic acids is 1. The first-order valence-corrected chi connectivity index (χ1v) is 6.58. The SMILES string of the molecule is CCc1c(C(=O)Nc2ncn[nH]2)cnn1-c1ccccc1. The van der Waals surface area contributed by atoms with E-state index in [0.717, 1.165) is 11.4 Å². The number of H-pyrrole nitrogens is 1. The minimum atomic E-state index is -0.259. The van der Waals surface area contributed by atoms with E-state index in [1.54, 1.807) is 10.9 Å². The van der Waals surface area contributed by atoms with E-state index < -0.39 is 0 Å². The summed E-state index contributed by atoms with van der Waals surface area (Å²) in [5.74, 6) is 0.0558. The van der Waals surface area contributed by atoms with Gasteiger partial charge < -0.3 is 0 Å². The summed E-state index contributed by atoms with van der Waals surface area (Å²) in [5.41, 5.74) is 2.30. The second-order valence-electron chi connectivity index (χ2n) is 4.39. The number of nitrogens with zero attached hydrogens (tertiary/aromatic N) is 4. The normalized spacial score (nSPS) is 10.5. The van der Waals surface area contributed by atoms with Crippen LogP contribution in [0, 0.1) is 0 Å². The Morgan fingerprint density at radius 2 is 2.14 bits per heavy atom. The Kier molecular flexibility index (Phi) is 3.46. The van der Waals surface area contributed by atoms with E-state index in [1.165, 1.54) is 6.33 Å². The van der Waals surface area contributed by atoms with Gasteiger partial charge in [-0.1, -0.05) is 25.1 Å². The van der Waals surface area contributed by atoms with Gasteiger partial charge in [-0.3, -0.25) is 10.1 Å². The topological polar surface area (TPSA) is 88.5 Å². The van der Waals surface area contributed by atoms with Crippen molar-refractivity contribution >= 4 is 11.9 Å². The lowest BCUT2D eigenvalue weighted by Gasteiger charge is -2.07. The fourth-order valence-electron chi connectivity index (χ4n) is 2.14. The van der Waals surface area contributed by atoms with Crippen LogP contribution < -0.4 is 5.32 Å². The molecule has 0 bridgehead atoms. The Bertz CT molecular complexity index is 732. The molecule has 2 heterocycles. The molecular formula is C14H14N6O. The summed E-state index contributed by atoms with van der Waals surface area (Å²) in [6, 6.07) is 9.71. The largest absolute Gasteiger partial charge is 0.291 e. The number of benzene rings is 1. The third-order valence-electron chi connectivity index (χ3n) is 3.10. The highest BCUT2D eigenvalue weighted by molar-refractivity contribution is 6.04. The Balaban J connectivity index is 1.93. The van der Waals surface area contributed by atoms with Crippen LogP contribution in [0.5, 0.6) is 0 Å². The summed E-state index contributed by atoms with van der Waals surface area (Å²) >= 11 is 0. The first kappa shape index (κ1) is 13.0. The Labute approximate surface area is 121 Å². The third-order valence-corrected chi connectivity index (χ3v) is 3.10. The van der Waals surface area contributed by atoms with Crippen molar-refractivity contribution in [2.24, 2.45) is 0 Å². The van der Waals surface area contributed by atoms with E-state index in [-0.39, 0.29) is 5.91 Å². The smallest absolute Gasteiger partial charge is 0.261 e. The van der Waals surface area contributed by atoms with Gasteiger partial charge in [0.25, 0.3) is 5.91 Å². The van der Waals surface area contributed by atoms with Gasteiger partial charge in [-0.15, -0.1) is 0 Å². The predicted octanol–water partition coefficient (Wildman–Crippen LogP) is 1.81. The maximum atomic E-state index is 12.3. The van der Waals surface area contributed by atoms with Crippen LogP contribution in [-0.4, -0.2) is 30.9 Å². The molecule has 7 nitrogen and oxygen atoms in total. The van der Waals surface area contributed by atoms with Crippen molar-refractivity contribution in [1.29, 1.82) is 0 Å². The molecule has 0 saturated carbocycles. The lowest BCUT2D eigenvalue weighted by atomic mass is 10.2. The molecule has 0 unspecified atom stereocenters. The lowest BCUT2D eigenvalue weighted by Crippen LogP contribution is -2.15. The van der Waals surface area contributed by atoms with E-state index in [4.69, 9.17) is 0 Å². The van der Waals surface area contributed by atoms with E-state index in [9.17, 15) is 4.79 Å². The average Bonchev–Trinajstić information content (AvgIpc) is 3.16. The van der Waals surface area contributed by atoms with Crippen LogP contribution in [0.4, 0.5) is 5.95 Å². The molecule has 2 aromatic heterocycles. The molecule has 1 amide bonds. The summed E-state index contributed by atoms with van der Waals surface area (Å²) in [5, 5.41) is 13.3. The number of nitrogens with one attached hydrogen (secondary N) is 2. The minimum Gasteiger partial charge on any atom is -0.291 e. The highest BCUT2D eigenvalue weighted by Crippen LogP contribution is 2.16. The number of hydrogen-bond acceptors (Lipinski definition) is 4. The monoisotopic (exact) mass is 282 g/mol. The number of aromatic amines is 1. The van der Waals surface area contributed by atoms with Gasteiger partial charge in [0.2, 0.25) is 5.95 Å². The number of carbonyl (C=O) groups is 1. The van der Waals surface area contributed by atoms with Crippen LogP contribution >= 0.6 is 0 Å². The van der Waals surface area contributed by atoms with Crippen molar-refractivity contribution in [3.05, 3.63) is 54.1 Å². The van der Waals surface area contributed by atoms with E-state index in [2.05, 4.69) is 25.6 Å². The molecule has 21 heavy (non-hydrogen) atoms. The van der Waals surface area contributed by atoms with Crippen molar-refractivity contribution in [2.45, 2.75) is 13.3 Å². The standard InChI is InChI=1S/C14H14N6O/c1-2-12-11(13(21)18-14-15-9-16-19-14)8-17-20(12)10-6-4-3-5-7-10/h3-9H,2H2,1H3,(H2,15,16,18,19,21). The van der Waals surface area contributed by atoms with E-state index in [1.807, 2.05) is 37.3 Å². The molecule has 0 spiro atoms. The van der Waals surface area contributed by atoms with Gasteiger partial charge in [-0.2, -0.15) is 15.2 Å². The summed E-state index contributed by atoms with van der Waals surface area (Å²) < 4.78 is 1.77. The number of para-hydroxylation sites is 1. The van der Waals surface area contributed by atoms with Crippen molar-refractivity contribution in [3.8, 4) is 5.69 Å². The Hall–Kier alpha value is -2.96. The molecule has 0 aliphatic rings. The second kappa shape index (κ2) is 5.58. The van der Waals surface area contributed by atoms with Gasteiger partial charge in [0.1, 0.15) is 6.33 Å². The first-order valence-electron chi connectivity index (χ1n) is 6.58. The number of anilines is 1. The first-order chi connectivity index (χ1) is 10.3. The fourth-order valence-corrected chi connectivity index (χ4v) is 2.14.